The van der Waals surface area contributed by atoms with Crippen LogP contribution in [-0.2, 0) is 4.74 Å². The maximum Gasteiger partial charge on any atom is 0.0472 e. The molecule has 1 saturated carbocycles. The van der Waals surface area contributed by atoms with Crippen LogP contribution >= 0.6 is 0 Å². The second-order valence-corrected chi connectivity index (χ2v) is 8.42. The van der Waals surface area contributed by atoms with Gasteiger partial charge in [0, 0.05) is 37.9 Å². The molecule has 1 aliphatic heterocycles. The molecule has 1 saturated heterocycles. The van der Waals surface area contributed by atoms with E-state index < -0.39 is 0 Å². The van der Waals surface area contributed by atoms with Crippen molar-refractivity contribution in [3.63, 3.8) is 0 Å². The van der Waals surface area contributed by atoms with Gasteiger partial charge in [0.25, 0.3) is 0 Å². The van der Waals surface area contributed by atoms with E-state index in [0.717, 1.165) is 25.8 Å². The molecule has 124 valence electrons. The van der Waals surface area contributed by atoms with Crippen molar-refractivity contribution < 1.29 is 4.74 Å². The number of ether oxygens (including phenoxy) is 1. The third-order valence-electron chi connectivity index (χ3n) is 5.33. The van der Waals surface area contributed by atoms with Gasteiger partial charge < -0.3 is 15.0 Å². The summed E-state index contributed by atoms with van der Waals surface area (Å²) in [6, 6.07) is 0.813. The Bertz CT molecular complexity index is 299. The van der Waals surface area contributed by atoms with Crippen LogP contribution in [0.1, 0.15) is 65.7 Å². The van der Waals surface area contributed by atoms with Gasteiger partial charge in [-0.3, -0.25) is 0 Å². The van der Waals surface area contributed by atoms with Crippen LogP contribution in [-0.4, -0.2) is 49.8 Å². The van der Waals surface area contributed by atoms with Crippen LogP contribution in [0.2, 0.25) is 0 Å². The maximum absolute atomic E-state index is 5.64. The summed E-state index contributed by atoms with van der Waals surface area (Å²) in [5, 5.41) is 3.76. The minimum atomic E-state index is 0.203. The summed E-state index contributed by atoms with van der Waals surface area (Å²) in [7, 11) is 2.35. The van der Waals surface area contributed by atoms with Gasteiger partial charge in [-0.2, -0.15) is 0 Å². The number of nitrogens with zero attached hydrogens (tertiary/aromatic N) is 1. The average molecular weight is 296 g/mol. The van der Waals surface area contributed by atoms with Crippen LogP contribution in [0.3, 0.4) is 0 Å². The lowest BCUT2D eigenvalue weighted by Crippen LogP contribution is -2.52. The van der Waals surface area contributed by atoms with E-state index in [1.165, 1.54) is 51.5 Å². The summed E-state index contributed by atoms with van der Waals surface area (Å²) < 4.78 is 5.64. The summed E-state index contributed by atoms with van der Waals surface area (Å²) in [6.07, 6.45) is 9.48. The zero-order valence-corrected chi connectivity index (χ0v) is 14.7. The number of nitrogens with one attached hydrogen (secondary N) is 1. The Kier molecular flexibility index (Phi) is 6.10. The lowest BCUT2D eigenvalue weighted by atomic mass is 9.78. The second-order valence-electron chi connectivity index (χ2n) is 8.42. The van der Waals surface area contributed by atoms with Crippen molar-refractivity contribution in [3.8, 4) is 0 Å². The van der Waals surface area contributed by atoms with Gasteiger partial charge in [0.15, 0.2) is 0 Å². The molecule has 0 radical (unpaired) electrons. The van der Waals surface area contributed by atoms with Crippen molar-refractivity contribution in [1.29, 1.82) is 0 Å². The SMILES string of the molecule is CN(CC1(CNC(C)(C)C)CCOCC1)C1CCCCC1. The van der Waals surface area contributed by atoms with Gasteiger partial charge in [0.2, 0.25) is 0 Å². The molecule has 1 N–H and O–H groups in total. The van der Waals surface area contributed by atoms with E-state index >= 15 is 0 Å². The molecule has 0 unspecified atom stereocenters. The average Bonchev–Trinajstić information content (AvgIpc) is 2.46. The van der Waals surface area contributed by atoms with Crippen molar-refractivity contribution in [2.45, 2.75) is 77.3 Å². The van der Waals surface area contributed by atoms with Crippen LogP contribution in [0.15, 0.2) is 0 Å². The van der Waals surface area contributed by atoms with Crippen LogP contribution in [0.4, 0.5) is 0 Å². The maximum atomic E-state index is 5.64. The predicted octanol–water partition coefficient (Wildman–Crippen LogP) is 3.44. The summed E-state index contributed by atoms with van der Waals surface area (Å²) >= 11 is 0. The topological polar surface area (TPSA) is 24.5 Å². The van der Waals surface area contributed by atoms with E-state index in [0.29, 0.717) is 5.41 Å². The lowest BCUT2D eigenvalue weighted by molar-refractivity contribution is -0.0119. The molecule has 0 aromatic carbocycles. The Morgan fingerprint density at radius 2 is 1.71 bits per heavy atom. The first kappa shape index (κ1) is 17.2. The summed E-state index contributed by atoms with van der Waals surface area (Å²) in [5.41, 5.74) is 0.604. The van der Waals surface area contributed by atoms with Crippen molar-refractivity contribution in [3.05, 3.63) is 0 Å². The molecular formula is C18H36N2O. The summed E-state index contributed by atoms with van der Waals surface area (Å²) in [5.74, 6) is 0. The molecule has 21 heavy (non-hydrogen) atoms. The Morgan fingerprint density at radius 3 is 2.29 bits per heavy atom. The van der Waals surface area contributed by atoms with E-state index in [1.807, 2.05) is 0 Å². The Balaban J connectivity index is 1.94. The Hall–Kier alpha value is -0.120. The fourth-order valence-corrected chi connectivity index (χ4v) is 3.83. The minimum Gasteiger partial charge on any atom is -0.381 e. The molecule has 1 aliphatic carbocycles. The Labute approximate surface area is 131 Å². The van der Waals surface area contributed by atoms with Crippen LogP contribution in [0, 0.1) is 5.41 Å². The number of hydrogen-bond acceptors (Lipinski definition) is 3. The molecule has 2 aliphatic rings. The number of hydrogen-bond donors (Lipinski definition) is 1. The first-order valence-electron chi connectivity index (χ1n) is 8.93. The molecule has 2 fully saturated rings. The van der Waals surface area contributed by atoms with Crippen molar-refractivity contribution in [2.24, 2.45) is 5.41 Å². The van der Waals surface area contributed by atoms with E-state index in [4.69, 9.17) is 4.74 Å². The first-order valence-corrected chi connectivity index (χ1v) is 8.93. The summed E-state index contributed by atoms with van der Waals surface area (Å²) in [6.45, 7) is 11.0. The molecule has 3 heteroatoms. The van der Waals surface area contributed by atoms with Crippen LogP contribution in [0.25, 0.3) is 0 Å². The van der Waals surface area contributed by atoms with Crippen LogP contribution < -0.4 is 5.32 Å². The van der Waals surface area contributed by atoms with Crippen molar-refractivity contribution >= 4 is 0 Å². The van der Waals surface area contributed by atoms with Gasteiger partial charge in [-0.25, -0.2) is 0 Å². The normalized spacial score (nSPS) is 24.4. The fraction of sp³-hybridized carbons (Fsp3) is 1.00. The van der Waals surface area contributed by atoms with E-state index in [9.17, 15) is 0 Å². The predicted molar refractivity (Wildman–Crippen MR) is 89.7 cm³/mol. The van der Waals surface area contributed by atoms with Gasteiger partial charge in [-0.05, 0) is 58.9 Å². The smallest absolute Gasteiger partial charge is 0.0472 e. The molecule has 0 atom stereocenters. The molecule has 3 nitrogen and oxygen atoms in total. The van der Waals surface area contributed by atoms with E-state index in [2.05, 4.69) is 38.0 Å². The zero-order chi connectivity index (χ0) is 15.3. The van der Waals surface area contributed by atoms with Gasteiger partial charge in [0.05, 0.1) is 0 Å². The highest BCUT2D eigenvalue weighted by Gasteiger charge is 2.36. The highest BCUT2D eigenvalue weighted by molar-refractivity contribution is 4.90. The third kappa shape index (κ3) is 5.54. The van der Waals surface area contributed by atoms with Gasteiger partial charge in [0.1, 0.15) is 0 Å². The highest BCUT2D eigenvalue weighted by atomic mass is 16.5. The molecule has 0 aromatic rings. The lowest BCUT2D eigenvalue weighted by Gasteiger charge is -2.44. The van der Waals surface area contributed by atoms with Gasteiger partial charge in [-0.15, -0.1) is 0 Å². The summed E-state index contributed by atoms with van der Waals surface area (Å²) in [4.78, 5) is 2.66. The standard InChI is InChI=1S/C18H36N2O/c1-17(2,3)19-14-18(10-12-21-13-11-18)15-20(4)16-8-6-5-7-9-16/h16,19H,5-15H2,1-4H3. The second kappa shape index (κ2) is 7.43. The van der Waals surface area contributed by atoms with E-state index in [-0.39, 0.29) is 5.54 Å². The van der Waals surface area contributed by atoms with E-state index in [1.54, 1.807) is 0 Å². The van der Waals surface area contributed by atoms with Crippen LogP contribution in [0.5, 0.6) is 0 Å². The van der Waals surface area contributed by atoms with Crippen molar-refractivity contribution in [1.82, 2.24) is 10.2 Å². The largest absolute Gasteiger partial charge is 0.381 e. The quantitative estimate of drug-likeness (QED) is 0.841. The van der Waals surface area contributed by atoms with Gasteiger partial charge >= 0.3 is 0 Å². The highest BCUT2D eigenvalue weighted by Crippen LogP contribution is 2.33. The monoisotopic (exact) mass is 296 g/mol. The molecule has 1 heterocycles. The minimum absolute atomic E-state index is 0.203. The molecule has 0 bridgehead atoms. The fourth-order valence-electron chi connectivity index (χ4n) is 3.83. The third-order valence-corrected chi connectivity index (χ3v) is 5.33. The van der Waals surface area contributed by atoms with Gasteiger partial charge in [-0.1, -0.05) is 19.3 Å². The number of rotatable bonds is 5. The zero-order valence-electron chi connectivity index (χ0n) is 14.7. The van der Waals surface area contributed by atoms with Crippen molar-refractivity contribution in [2.75, 3.05) is 33.4 Å². The molecule has 0 aromatic heterocycles. The Morgan fingerprint density at radius 1 is 1.10 bits per heavy atom. The molecule has 0 spiro atoms. The molecule has 0 amide bonds. The molecular weight excluding hydrogens is 260 g/mol. The first-order chi connectivity index (χ1) is 9.90. The molecule has 2 rings (SSSR count).